The van der Waals surface area contributed by atoms with E-state index in [2.05, 4.69) is 190 Å². The van der Waals surface area contributed by atoms with E-state index >= 15 is 0 Å². The third kappa shape index (κ3) is 4.03. The fourth-order valence-electron chi connectivity index (χ4n) is 8.17. The van der Waals surface area contributed by atoms with Crippen molar-refractivity contribution in [2.45, 2.75) is 0 Å². The molecule has 5 aromatic heterocycles. The molecule has 0 radical (unpaired) electrons. The van der Waals surface area contributed by atoms with Gasteiger partial charge in [0.05, 0.1) is 44.5 Å². The highest BCUT2D eigenvalue weighted by Crippen LogP contribution is 2.42. The van der Waals surface area contributed by atoms with Gasteiger partial charge in [0.1, 0.15) is 11.6 Å². The van der Waals surface area contributed by atoms with Crippen LogP contribution in [0.1, 0.15) is 0 Å². The maximum atomic E-state index is 5.31. The second-order valence-electron chi connectivity index (χ2n) is 13.0. The lowest BCUT2D eigenvalue weighted by Crippen LogP contribution is -2.01. The van der Waals surface area contributed by atoms with Crippen LogP contribution >= 0.6 is 0 Å². The summed E-state index contributed by atoms with van der Waals surface area (Å²) in [6.07, 6.45) is 0. The van der Waals surface area contributed by atoms with Crippen LogP contribution in [0, 0.1) is 0 Å². The Hall–Kier alpha value is -6.98. The SMILES string of the molecule is c1ccc(-n2c3ccccc3c3c4c5ccccc5n(-c5cccc(-c6cccc(-n7c8ccccc8c8ccccc87)n6)n5)c4ccc32)cc1. The monoisotopic (exact) mass is 651 g/mol. The molecule has 0 aliphatic heterocycles. The van der Waals surface area contributed by atoms with Crippen LogP contribution in [0.2, 0.25) is 0 Å². The van der Waals surface area contributed by atoms with E-state index in [0.717, 1.165) is 50.8 Å². The number of nitrogens with zero attached hydrogens (tertiary/aromatic N) is 5. The molecule has 0 aliphatic rings. The zero-order chi connectivity index (χ0) is 33.5. The van der Waals surface area contributed by atoms with Crippen LogP contribution in [0.4, 0.5) is 0 Å². The number of rotatable bonds is 4. The van der Waals surface area contributed by atoms with Gasteiger partial charge in [-0.25, -0.2) is 9.97 Å². The summed E-state index contributed by atoms with van der Waals surface area (Å²) in [5.41, 5.74) is 9.68. The molecule has 0 bridgehead atoms. The fourth-order valence-corrected chi connectivity index (χ4v) is 8.17. The van der Waals surface area contributed by atoms with Gasteiger partial charge in [-0.3, -0.25) is 9.13 Å². The van der Waals surface area contributed by atoms with E-state index in [1.807, 2.05) is 0 Å². The Morgan fingerprint density at radius 2 is 0.667 bits per heavy atom. The fraction of sp³-hybridized carbons (Fsp3) is 0. The van der Waals surface area contributed by atoms with Gasteiger partial charge in [0.2, 0.25) is 0 Å². The van der Waals surface area contributed by atoms with Crippen molar-refractivity contribution in [3.8, 4) is 28.7 Å². The summed E-state index contributed by atoms with van der Waals surface area (Å²) < 4.78 is 6.94. The smallest absolute Gasteiger partial charge is 0.138 e. The quantitative estimate of drug-likeness (QED) is 0.190. The molecule has 0 atom stereocenters. The molecule has 5 heteroatoms. The largest absolute Gasteiger partial charge is 0.309 e. The zero-order valence-corrected chi connectivity index (χ0v) is 27.5. The Morgan fingerprint density at radius 1 is 0.275 bits per heavy atom. The Labute approximate surface area is 292 Å². The van der Waals surface area contributed by atoms with Gasteiger partial charge in [-0.2, -0.15) is 0 Å². The predicted octanol–water partition coefficient (Wildman–Crippen LogP) is 11.4. The Morgan fingerprint density at radius 3 is 1.20 bits per heavy atom. The number of aromatic nitrogens is 5. The van der Waals surface area contributed by atoms with Gasteiger partial charge in [0.15, 0.2) is 0 Å². The summed E-state index contributed by atoms with van der Waals surface area (Å²) >= 11 is 0. The molecule has 11 rings (SSSR count). The van der Waals surface area contributed by atoms with E-state index in [1.165, 1.54) is 43.4 Å². The molecule has 6 aromatic carbocycles. The van der Waals surface area contributed by atoms with Gasteiger partial charge < -0.3 is 4.57 Å². The highest BCUT2D eigenvalue weighted by molar-refractivity contribution is 6.28. The van der Waals surface area contributed by atoms with Crippen molar-refractivity contribution in [3.63, 3.8) is 0 Å². The molecule has 0 spiro atoms. The normalized spacial score (nSPS) is 11.9. The van der Waals surface area contributed by atoms with Crippen molar-refractivity contribution in [3.05, 3.63) is 176 Å². The number of fused-ring (bicyclic) bond motifs is 10. The van der Waals surface area contributed by atoms with Gasteiger partial charge in [-0.05, 0) is 72.8 Å². The highest BCUT2D eigenvalue weighted by atomic mass is 15.1. The van der Waals surface area contributed by atoms with Crippen molar-refractivity contribution in [2.24, 2.45) is 0 Å². The van der Waals surface area contributed by atoms with Crippen molar-refractivity contribution in [1.29, 1.82) is 0 Å². The minimum atomic E-state index is 0.822. The van der Waals surface area contributed by atoms with Crippen molar-refractivity contribution >= 4 is 65.4 Å². The van der Waals surface area contributed by atoms with Crippen LogP contribution in [-0.4, -0.2) is 23.7 Å². The molecule has 238 valence electrons. The first kappa shape index (κ1) is 27.9. The summed E-state index contributed by atoms with van der Waals surface area (Å²) in [6, 6.07) is 62.1. The lowest BCUT2D eigenvalue weighted by Gasteiger charge is -2.11. The summed E-state index contributed by atoms with van der Waals surface area (Å²) in [6.45, 7) is 0. The average molecular weight is 652 g/mol. The Balaban J connectivity index is 1.13. The van der Waals surface area contributed by atoms with Gasteiger partial charge >= 0.3 is 0 Å². The minimum absolute atomic E-state index is 0.822. The first-order chi connectivity index (χ1) is 25.3. The molecule has 0 aliphatic carbocycles. The molecule has 0 unspecified atom stereocenters. The van der Waals surface area contributed by atoms with Crippen LogP contribution in [0.3, 0.4) is 0 Å². The maximum Gasteiger partial charge on any atom is 0.138 e. The Bertz CT molecular complexity index is 3090. The highest BCUT2D eigenvalue weighted by Gasteiger charge is 2.21. The van der Waals surface area contributed by atoms with Crippen LogP contribution in [-0.2, 0) is 0 Å². The van der Waals surface area contributed by atoms with Gasteiger partial charge in [-0.15, -0.1) is 0 Å². The van der Waals surface area contributed by atoms with Crippen LogP contribution in [0.5, 0.6) is 0 Å². The summed E-state index contributed by atoms with van der Waals surface area (Å²) in [5, 5.41) is 7.34. The van der Waals surface area contributed by atoms with Gasteiger partial charge in [0, 0.05) is 38.0 Å². The van der Waals surface area contributed by atoms with Gasteiger partial charge in [0.25, 0.3) is 0 Å². The molecule has 5 nitrogen and oxygen atoms in total. The number of hydrogen-bond acceptors (Lipinski definition) is 2. The number of para-hydroxylation sites is 5. The molecule has 0 amide bonds. The van der Waals surface area contributed by atoms with Crippen LogP contribution < -0.4 is 0 Å². The summed E-state index contributed by atoms with van der Waals surface area (Å²) in [4.78, 5) is 10.5. The molecular weight excluding hydrogens is 623 g/mol. The predicted molar refractivity (Wildman–Crippen MR) is 210 cm³/mol. The second-order valence-corrected chi connectivity index (χ2v) is 13.0. The number of hydrogen-bond donors (Lipinski definition) is 0. The molecule has 0 N–H and O–H groups in total. The molecule has 5 heterocycles. The average Bonchev–Trinajstić information content (AvgIpc) is 3.84. The third-order valence-electron chi connectivity index (χ3n) is 10.3. The number of benzene rings is 6. The zero-order valence-electron chi connectivity index (χ0n) is 27.5. The van der Waals surface area contributed by atoms with Crippen molar-refractivity contribution in [1.82, 2.24) is 23.7 Å². The molecule has 51 heavy (non-hydrogen) atoms. The first-order valence-corrected chi connectivity index (χ1v) is 17.3. The number of pyridine rings is 2. The lowest BCUT2D eigenvalue weighted by molar-refractivity contribution is 1.06. The van der Waals surface area contributed by atoms with E-state index in [0.29, 0.717) is 0 Å². The van der Waals surface area contributed by atoms with Crippen LogP contribution in [0.15, 0.2) is 176 Å². The van der Waals surface area contributed by atoms with E-state index in [4.69, 9.17) is 9.97 Å². The van der Waals surface area contributed by atoms with Crippen molar-refractivity contribution < 1.29 is 0 Å². The first-order valence-electron chi connectivity index (χ1n) is 17.3. The molecule has 0 saturated carbocycles. The van der Waals surface area contributed by atoms with E-state index < -0.39 is 0 Å². The molecular formula is C46H29N5. The third-order valence-corrected chi connectivity index (χ3v) is 10.3. The second kappa shape index (κ2) is 10.8. The lowest BCUT2D eigenvalue weighted by atomic mass is 10.1. The summed E-state index contributed by atoms with van der Waals surface area (Å²) in [5.74, 6) is 1.72. The minimum Gasteiger partial charge on any atom is -0.309 e. The van der Waals surface area contributed by atoms with Crippen molar-refractivity contribution in [2.75, 3.05) is 0 Å². The van der Waals surface area contributed by atoms with Crippen LogP contribution in [0.25, 0.3) is 94.1 Å². The van der Waals surface area contributed by atoms with E-state index in [1.54, 1.807) is 0 Å². The molecule has 0 saturated heterocycles. The van der Waals surface area contributed by atoms with Gasteiger partial charge in [-0.1, -0.05) is 103 Å². The molecule has 11 aromatic rings. The standard InChI is InChI=1S/C46H29N5/c1-2-14-30(15-3-1)49-39-24-10-6-18-33(39)45-41(49)28-29-42-46(45)34-19-7-11-25-40(34)51(42)44-27-13-21-36(48-44)35-20-12-26-43(47-35)50-37-22-8-4-16-31(37)32-17-5-9-23-38(32)50/h1-29H. The van der Waals surface area contributed by atoms with E-state index in [-0.39, 0.29) is 0 Å². The molecule has 0 fully saturated rings. The van der Waals surface area contributed by atoms with E-state index in [9.17, 15) is 0 Å². The summed E-state index contributed by atoms with van der Waals surface area (Å²) in [7, 11) is 0. The topological polar surface area (TPSA) is 40.6 Å². The maximum absolute atomic E-state index is 5.31. The Kier molecular flexibility index (Phi) is 5.89.